The summed E-state index contributed by atoms with van der Waals surface area (Å²) in [7, 11) is 5.91. The molecule has 6 heteroatoms. The van der Waals surface area contributed by atoms with Crippen molar-refractivity contribution in [3.63, 3.8) is 0 Å². The molecule has 0 aliphatic carbocycles. The molecule has 0 spiro atoms. The zero-order valence-electron chi connectivity index (χ0n) is 17.0. The number of nitrogens with zero attached hydrogens (tertiary/aromatic N) is 2. The molecule has 1 unspecified atom stereocenters. The van der Waals surface area contributed by atoms with E-state index in [-0.39, 0.29) is 5.92 Å². The van der Waals surface area contributed by atoms with Crippen molar-refractivity contribution in [1.29, 1.82) is 0 Å². The first-order chi connectivity index (χ1) is 12.8. The van der Waals surface area contributed by atoms with Crippen molar-refractivity contribution in [1.82, 2.24) is 4.81 Å². The lowest BCUT2D eigenvalue weighted by atomic mass is 9.90. The van der Waals surface area contributed by atoms with Crippen LogP contribution in [-0.4, -0.2) is 31.7 Å². The lowest BCUT2D eigenvalue weighted by molar-refractivity contribution is -0.0878. The van der Waals surface area contributed by atoms with Gasteiger partial charge in [0.05, 0.1) is 0 Å². The number of hydrogen-bond acceptors (Lipinski definition) is 2. The third-order valence-electron chi connectivity index (χ3n) is 3.34. The van der Waals surface area contributed by atoms with Gasteiger partial charge in [0, 0.05) is 41.7 Å². The van der Waals surface area contributed by atoms with Crippen LogP contribution >= 0.6 is 0 Å². The zero-order valence-corrected chi connectivity index (χ0v) is 17.0. The molecule has 0 aromatic carbocycles. The zero-order chi connectivity index (χ0) is 21.6. The minimum atomic E-state index is -4.48. The number of hydrogen-bond donors (Lipinski definition) is 0. The van der Waals surface area contributed by atoms with Crippen LogP contribution in [0.5, 0.6) is 0 Å². The molecule has 1 atom stereocenters. The molecule has 0 N–H and O–H groups in total. The van der Waals surface area contributed by atoms with Crippen LogP contribution in [0.15, 0.2) is 77.6 Å². The van der Waals surface area contributed by atoms with Crippen LogP contribution in [0, 0.1) is 5.92 Å². The second-order valence-corrected chi connectivity index (χ2v) is 4.88. The van der Waals surface area contributed by atoms with Gasteiger partial charge in [0.15, 0.2) is 0 Å². The van der Waals surface area contributed by atoms with Crippen LogP contribution < -0.4 is 0 Å². The molecule has 2 nitrogen and oxygen atoms in total. The Labute approximate surface area is 163 Å². The number of halogens is 3. The highest BCUT2D eigenvalue weighted by Gasteiger charge is 2.33. The van der Waals surface area contributed by atoms with Crippen molar-refractivity contribution >= 4 is 14.2 Å². The predicted octanol–water partition coefficient (Wildman–Crippen LogP) is 6.33. The first-order valence-corrected chi connectivity index (χ1v) is 8.89. The summed E-state index contributed by atoms with van der Waals surface area (Å²) < 4.78 is 38.4. The lowest BCUT2D eigenvalue weighted by Crippen LogP contribution is -2.19. The van der Waals surface area contributed by atoms with E-state index in [4.69, 9.17) is 7.98 Å². The fourth-order valence-electron chi connectivity index (χ4n) is 2.29. The highest BCUT2D eigenvalue weighted by Crippen LogP contribution is 2.35. The van der Waals surface area contributed by atoms with Gasteiger partial charge in [-0.15, -0.1) is 0 Å². The van der Waals surface area contributed by atoms with Gasteiger partial charge in [-0.3, -0.25) is 4.99 Å². The second-order valence-electron chi connectivity index (χ2n) is 4.88. The molecular weight excluding hydrogens is 348 g/mol. The van der Waals surface area contributed by atoms with E-state index in [1.54, 1.807) is 25.2 Å². The molecule has 0 amide bonds. The topological polar surface area (TPSA) is 15.6 Å². The molecule has 1 aliphatic heterocycles. The molecule has 0 aromatic rings. The number of rotatable bonds is 6. The molecule has 0 aromatic heterocycles. The highest BCUT2D eigenvalue weighted by atomic mass is 19.4. The Morgan fingerprint density at radius 2 is 1.78 bits per heavy atom. The van der Waals surface area contributed by atoms with E-state index in [0.29, 0.717) is 23.4 Å². The van der Waals surface area contributed by atoms with Crippen LogP contribution in [-0.2, 0) is 0 Å². The van der Waals surface area contributed by atoms with E-state index in [1.165, 1.54) is 17.2 Å². The number of allylic oxidation sites excluding steroid dienone is 5. The SMILES string of the molecule is CC.CC.[B]N1CC(C(/C=C\C)=C/C(=C)C(F)(F)F)C(C=NC=C)=C1C=C. The van der Waals surface area contributed by atoms with Crippen molar-refractivity contribution in [2.75, 3.05) is 6.54 Å². The molecule has 1 heterocycles. The Bertz CT molecular complexity index is 611. The molecule has 0 bridgehead atoms. The van der Waals surface area contributed by atoms with Crippen molar-refractivity contribution in [2.45, 2.75) is 40.8 Å². The molecule has 27 heavy (non-hydrogen) atoms. The molecule has 1 rings (SSSR count). The van der Waals surface area contributed by atoms with Crippen LogP contribution in [0.1, 0.15) is 34.6 Å². The van der Waals surface area contributed by atoms with Gasteiger partial charge in [0.2, 0.25) is 7.98 Å². The third kappa shape index (κ3) is 8.33. The minimum Gasteiger partial charge on any atom is -0.424 e. The largest absolute Gasteiger partial charge is 0.424 e. The first kappa shape index (κ1) is 27.0. The van der Waals surface area contributed by atoms with Gasteiger partial charge >= 0.3 is 6.18 Å². The quantitative estimate of drug-likeness (QED) is 0.300. The maximum absolute atomic E-state index is 12.8. The van der Waals surface area contributed by atoms with Gasteiger partial charge in [-0.05, 0) is 24.6 Å². The molecule has 0 fully saturated rings. The number of alkyl halides is 3. The minimum absolute atomic E-state index is 0.321. The Morgan fingerprint density at radius 1 is 1.22 bits per heavy atom. The van der Waals surface area contributed by atoms with Gasteiger partial charge in [-0.2, -0.15) is 13.2 Å². The van der Waals surface area contributed by atoms with Gasteiger partial charge in [0.25, 0.3) is 0 Å². The fourth-order valence-corrected chi connectivity index (χ4v) is 2.29. The lowest BCUT2D eigenvalue weighted by Gasteiger charge is -2.17. The van der Waals surface area contributed by atoms with Gasteiger partial charge in [0.1, 0.15) is 0 Å². The first-order valence-electron chi connectivity index (χ1n) is 8.89. The maximum Gasteiger partial charge on any atom is 0.415 e. The average molecular weight is 378 g/mol. The molecule has 1 aliphatic rings. The fraction of sp³-hybridized carbons (Fsp3) is 0.381. The average Bonchev–Trinajstić information content (AvgIpc) is 2.97. The highest BCUT2D eigenvalue weighted by molar-refractivity contribution is 6.07. The monoisotopic (exact) mass is 378 g/mol. The van der Waals surface area contributed by atoms with E-state index in [1.807, 2.05) is 27.7 Å². The molecule has 0 saturated carbocycles. The predicted molar refractivity (Wildman–Crippen MR) is 113 cm³/mol. The summed E-state index contributed by atoms with van der Waals surface area (Å²) in [5.74, 6) is -0.369. The maximum atomic E-state index is 12.8. The Hall–Kier alpha value is -2.24. The van der Waals surface area contributed by atoms with E-state index in [2.05, 4.69) is 24.7 Å². The van der Waals surface area contributed by atoms with Gasteiger partial charge < -0.3 is 4.81 Å². The Morgan fingerprint density at radius 3 is 2.19 bits per heavy atom. The summed E-state index contributed by atoms with van der Waals surface area (Å²) in [6.45, 7) is 20.3. The van der Waals surface area contributed by atoms with Crippen LogP contribution in [0.2, 0.25) is 0 Å². The van der Waals surface area contributed by atoms with Crippen molar-refractivity contribution < 1.29 is 13.2 Å². The van der Waals surface area contributed by atoms with Gasteiger partial charge in [-0.1, -0.05) is 59.6 Å². The summed E-state index contributed by atoms with van der Waals surface area (Å²) in [6, 6.07) is 0. The molecule has 148 valence electrons. The Kier molecular flexibility index (Phi) is 13.9. The number of aliphatic imine (C=N–C) groups is 1. The van der Waals surface area contributed by atoms with Crippen molar-refractivity contribution in [3.05, 3.63) is 72.7 Å². The second kappa shape index (κ2) is 13.9. The molecular formula is C21H30BF3N2. The smallest absolute Gasteiger partial charge is 0.415 e. The van der Waals surface area contributed by atoms with Crippen LogP contribution in [0.25, 0.3) is 0 Å². The summed E-state index contributed by atoms with van der Waals surface area (Å²) >= 11 is 0. The van der Waals surface area contributed by atoms with Crippen molar-refractivity contribution in [2.24, 2.45) is 10.9 Å². The summed E-state index contributed by atoms with van der Waals surface area (Å²) in [5, 5.41) is 0. The third-order valence-corrected chi connectivity index (χ3v) is 3.34. The Balaban J connectivity index is 0. The summed E-state index contributed by atoms with van der Waals surface area (Å²) in [5.41, 5.74) is 0.837. The van der Waals surface area contributed by atoms with Crippen LogP contribution in [0.4, 0.5) is 13.2 Å². The normalized spacial score (nSPS) is 17.4. The summed E-state index contributed by atoms with van der Waals surface area (Å²) in [6.07, 6.45) is 4.28. The van der Waals surface area contributed by atoms with E-state index >= 15 is 0 Å². The summed E-state index contributed by atoms with van der Waals surface area (Å²) in [4.78, 5) is 5.40. The van der Waals surface area contributed by atoms with E-state index < -0.39 is 11.7 Å². The molecule has 0 saturated heterocycles. The standard InChI is InChI=1S/C17H18BF3N2.2C2H6/c1-5-8-13(9-12(4)17(19,20)21)15-11-23(18)16(6-2)14(15)10-22-7-3;2*1-2/h5-10,15H,2-4,11H2,1H3;2*1-2H3/b8-5-,13-9+,22-10?;;. The van der Waals surface area contributed by atoms with Gasteiger partial charge in [-0.25, -0.2) is 0 Å². The van der Waals surface area contributed by atoms with Crippen LogP contribution in [0.3, 0.4) is 0 Å². The van der Waals surface area contributed by atoms with Crippen molar-refractivity contribution in [3.8, 4) is 0 Å². The van der Waals surface area contributed by atoms with E-state index in [9.17, 15) is 13.2 Å². The molecule has 2 radical (unpaired) electrons. The van der Waals surface area contributed by atoms with E-state index in [0.717, 1.165) is 6.08 Å².